The third kappa shape index (κ3) is 6.05. The first kappa shape index (κ1) is 26.2. The van der Waals surface area contributed by atoms with E-state index in [1.807, 2.05) is 32.2 Å². The zero-order valence-corrected chi connectivity index (χ0v) is 21.7. The summed E-state index contributed by atoms with van der Waals surface area (Å²) >= 11 is 1.45. The maximum Gasteiger partial charge on any atom is 0.241 e. The summed E-state index contributed by atoms with van der Waals surface area (Å²) < 4.78 is 34.7. The van der Waals surface area contributed by atoms with Crippen LogP contribution in [0.25, 0.3) is 0 Å². The lowest BCUT2D eigenvalue weighted by atomic mass is 9.94. The number of sulfonamides is 1. The van der Waals surface area contributed by atoms with Crippen LogP contribution in [0.15, 0.2) is 40.1 Å². The molecule has 1 amide bonds. The van der Waals surface area contributed by atoms with Crippen LogP contribution in [0.2, 0.25) is 0 Å². The van der Waals surface area contributed by atoms with Crippen molar-refractivity contribution in [3.8, 4) is 5.75 Å². The maximum absolute atomic E-state index is 13.2. The number of ether oxygens (including phenoxy) is 1. The fraction of sp³-hybridized carbons (Fsp3) is 0.458. The summed E-state index contributed by atoms with van der Waals surface area (Å²) in [5.41, 5.74) is 3.37. The van der Waals surface area contributed by atoms with Crippen LogP contribution >= 0.6 is 11.8 Å². The highest BCUT2D eigenvalue weighted by Gasteiger charge is 2.23. The van der Waals surface area contributed by atoms with Crippen molar-refractivity contribution in [1.82, 2.24) is 4.72 Å². The fourth-order valence-electron chi connectivity index (χ4n) is 3.40. The van der Waals surface area contributed by atoms with E-state index >= 15 is 0 Å². The van der Waals surface area contributed by atoms with Crippen molar-refractivity contribution in [1.29, 1.82) is 0 Å². The Bertz CT molecular complexity index is 1080. The predicted octanol–water partition coefficient (Wildman–Crippen LogP) is 5.48. The Morgan fingerprint density at radius 3 is 2.22 bits per heavy atom. The number of hydrogen-bond donors (Lipinski definition) is 2. The summed E-state index contributed by atoms with van der Waals surface area (Å²) in [4.78, 5) is 13.1. The second kappa shape index (κ2) is 10.7. The van der Waals surface area contributed by atoms with Gasteiger partial charge in [0.2, 0.25) is 15.9 Å². The van der Waals surface area contributed by atoms with E-state index in [4.69, 9.17) is 4.74 Å². The molecular weight excluding hydrogens is 444 g/mol. The van der Waals surface area contributed by atoms with Crippen LogP contribution < -0.4 is 14.8 Å². The first-order valence-electron chi connectivity index (χ1n) is 10.6. The van der Waals surface area contributed by atoms with Gasteiger partial charge in [0.25, 0.3) is 0 Å². The van der Waals surface area contributed by atoms with Gasteiger partial charge in [0.05, 0.1) is 17.7 Å². The normalized spacial score (nSPS) is 12.8. The largest absolute Gasteiger partial charge is 0.496 e. The van der Waals surface area contributed by atoms with E-state index < -0.39 is 16.1 Å². The number of benzene rings is 2. The standard InChI is InChI=1S/C24H34N2O4S2/c1-14(2)19-13-20(16(5)11-22(19)30-7)17(6)26-32(28,29)18-9-10-23(31-8)21(12-18)25-24(27)15(3)4/h9-15,17,26H,1-8H3,(H,25,27)/t17-/m1/s1. The van der Waals surface area contributed by atoms with E-state index in [1.165, 1.54) is 17.8 Å². The first-order chi connectivity index (χ1) is 14.9. The van der Waals surface area contributed by atoms with Crippen LogP contribution in [0.5, 0.6) is 5.75 Å². The van der Waals surface area contributed by atoms with Crippen molar-refractivity contribution >= 4 is 33.4 Å². The van der Waals surface area contributed by atoms with Gasteiger partial charge in [0, 0.05) is 16.9 Å². The lowest BCUT2D eigenvalue weighted by molar-refractivity contribution is -0.118. The van der Waals surface area contributed by atoms with Crippen molar-refractivity contribution < 1.29 is 17.9 Å². The monoisotopic (exact) mass is 478 g/mol. The molecule has 0 bridgehead atoms. The number of nitrogens with one attached hydrogen (secondary N) is 2. The Kier molecular flexibility index (Phi) is 8.79. The summed E-state index contributed by atoms with van der Waals surface area (Å²) in [6, 6.07) is 8.31. The van der Waals surface area contributed by atoms with Crippen LogP contribution in [0.4, 0.5) is 5.69 Å². The molecule has 1 atom stereocenters. The SMILES string of the molecule is COc1cc(C)c([C@@H](C)NS(=O)(=O)c2ccc(SC)c(NC(=O)C(C)C)c2)cc1C(C)C. The Morgan fingerprint density at radius 1 is 1.03 bits per heavy atom. The van der Waals surface area contributed by atoms with Crippen LogP contribution in [0.1, 0.15) is 63.3 Å². The van der Waals surface area contributed by atoms with Crippen LogP contribution in [-0.2, 0) is 14.8 Å². The first-order valence-corrected chi connectivity index (χ1v) is 13.3. The topological polar surface area (TPSA) is 84.5 Å². The van der Waals surface area contributed by atoms with Crippen molar-refractivity contribution in [2.45, 2.75) is 63.3 Å². The molecule has 0 aromatic heterocycles. The zero-order valence-electron chi connectivity index (χ0n) is 20.1. The van der Waals surface area contributed by atoms with Gasteiger partial charge < -0.3 is 10.1 Å². The molecule has 176 valence electrons. The van der Waals surface area contributed by atoms with E-state index in [-0.39, 0.29) is 22.6 Å². The molecule has 0 saturated heterocycles. The van der Waals surface area contributed by atoms with Crippen LogP contribution in [-0.4, -0.2) is 27.7 Å². The summed E-state index contributed by atoms with van der Waals surface area (Å²) in [5, 5.41) is 2.83. The quantitative estimate of drug-likeness (QED) is 0.466. The van der Waals surface area contributed by atoms with Gasteiger partial charge in [-0.15, -0.1) is 11.8 Å². The van der Waals surface area contributed by atoms with E-state index in [0.29, 0.717) is 5.69 Å². The molecule has 0 heterocycles. The van der Waals surface area contributed by atoms with Crippen molar-refractivity contribution in [2.75, 3.05) is 18.7 Å². The smallest absolute Gasteiger partial charge is 0.241 e. The zero-order chi connectivity index (χ0) is 24.2. The minimum Gasteiger partial charge on any atom is -0.496 e. The number of rotatable bonds is 9. The predicted molar refractivity (Wildman–Crippen MR) is 132 cm³/mol. The summed E-state index contributed by atoms with van der Waals surface area (Å²) in [6.07, 6.45) is 1.88. The number of anilines is 1. The number of aryl methyl sites for hydroxylation is 1. The molecule has 2 N–H and O–H groups in total. The number of thioether (sulfide) groups is 1. The van der Waals surface area contributed by atoms with Gasteiger partial charge in [-0.2, -0.15) is 0 Å². The van der Waals surface area contributed by atoms with E-state index in [2.05, 4.69) is 23.9 Å². The molecule has 0 aliphatic carbocycles. The molecule has 2 rings (SSSR count). The third-order valence-electron chi connectivity index (χ3n) is 5.30. The van der Waals surface area contributed by atoms with E-state index in [1.54, 1.807) is 33.1 Å². The average Bonchev–Trinajstić information content (AvgIpc) is 2.72. The Morgan fingerprint density at radius 2 is 1.69 bits per heavy atom. The Balaban J connectivity index is 2.39. The fourth-order valence-corrected chi connectivity index (χ4v) is 5.19. The average molecular weight is 479 g/mol. The molecule has 6 nitrogen and oxygen atoms in total. The van der Waals surface area contributed by atoms with E-state index in [0.717, 1.165) is 27.3 Å². The lowest BCUT2D eigenvalue weighted by Crippen LogP contribution is -2.28. The van der Waals surface area contributed by atoms with Gasteiger partial charge >= 0.3 is 0 Å². The number of amides is 1. The molecule has 0 aliphatic heterocycles. The van der Waals surface area contributed by atoms with Gasteiger partial charge in [-0.25, -0.2) is 13.1 Å². The molecule has 0 aliphatic rings. The minimum atomic E-state index is -3.82. The molecule has 0 radical (unpaired) electrons. The molecule has 0 fully saturated rings. The summed E-state index contributed by atoms with van der Waals surface area (Å²) in [7, 11) is -2.18. The summed E-state index contributed by atoms with van der Waals surface area (Å²) in [5.74, 6) is 0.663. The molecule has 0 saturated carbocycles. The number of hydrogen-bond acceptors (Lipinski definition) is 5. The summed E-state index contributed by atoms with van der Waals surface area (Å²) in [6.45, 7) is 11.5. The minimum absolute atomic E-state index is 0.108. The lowest BCUT2D eigenvalue weighted by Gasteiger charge is -2.21. The van der Waals surface area contributed by atoms with Gasteiger partial charge in [-0.05, 0) is 73.0 Å². The molecule has 2 aromatic carbocycles. The second-order valence-electron chi connectivity index (χ2n) is 8.45. The Hall–Kier alpha value is -2.03. The Labute approximate surface area is 196 Å². The van der Waals surface area contributed by atoms with Crippen LogP contribution in [0.3, 0.4) is 0 Å². The molecule has 0 unspecified atom stereocenters. The van der Waals surface area contributed by atoms with Gasteiger partial charge in [0.15, 0.2) is 0 Å². The molecular formula is C24H34N2O4S2. The van der Waals surface area contributed by atoms with Crippen molar-refractivity contribution in [2.24, 2.45) is 5.92 Å². The van der Waals surface area contributed by atoms with Gasteiger partial charge in [-0.3, -0.25) is 4.79 Å². The maximum atomic E-state index is 13.2. The van der Waals surface area contributed by atoms with Crippen molar-refractivity contribution in [3.05, 3.63) is 47.0 Å². The molecule has 2 aromatic rings. The highest BCUT2D eigenvalue weighted by atomic mass is 32.2. The molecule has 32 heavy (non-hydrogen) atoms. The highest BCUT2D eigenvalue weighted by Crippen LogP contribution is 2.33. The van der Waals surface area contributed by atoms with Gasteiger partial charge in [-0.1, -0.05) is 27.7 Å². The third-order valence-corrected chi connectivity index (χ3v) is 7.64. The van der Waals surface area contributed by atoms with Crippen molar-refractivity contribution in [3.63, 3.8) is 0 Å². The number of methoxy groups -OCH3 is 1. The number of carbonyl (C=O) groups is 1. The molecule has 0 spiro atoms. The van der Waals surface area contributed by atoms with Gasteiger partial charge in [0.1, 0.15) is 5.75 Å². The molecule has 8 heteroatoms. The van der Waals surface area contributed by atoms with Crippen LogP contribution in [0, 0.1) is 12.8 Å². The second-order valence-corrected chi connectivity index (χ2v) is 11.0. The number of carbonyl (C=O) groups excluding carboxylic acids is 1. The van der Waals surface area contributed by atoms with E-state index in [9.17, 15) is 13.2 Å². The highest BCUT2D eigenvalue weighted by molar-refractivity contribution is 7.98.